The highest BCUT2D eigenvalue weighted by atomic mass is 32.2. The van der Waals surface area contributed by atoms with Crippen LogP contribution in [0.4, 0.5) is 5.69 Å². The molecule has 0 saturated heterocycles. The molecule has 1 amide bonds. The number of nitrogens with one attached hydrogen (secondary N) is 1. The minimum Gasteiger partial charge on any atom is -0.352 e. The number of sulfonamides is 1. The molecule has 132 valence electrons. The van der Waals surface area contributed by atoms with Crippen LogP contribution in [-0.2, 0) is 14.8 Å². The van der Waals surface area contributed by atoms with Gasteiger partial charge in [0.1, 0.15) is 6.54 Å². The molecule has 0 spiro atoms. The second-order valence-electron chi connectivity index (χ2n) is 7.39. The summed E-state index contributed by atoms with van der Waals surface area (Å²) in [6.45, 7) is 3.76. The lowest BCUT2D eigenvalue weighted by Gasteiger charge is -2.26. The van der Waals surface area contributed by atoms with E-state index in [1.54, 1.807) is 6.07 Å². The van der Waals surface area contributed by atoms with Gasteiger partial charge < -0.3 is 5.32 Å². The van der Waals surface area contributed by atoms with E-state index in [0.717, 1.165) is 29.7 Å². The van der Waals surface area contributed by atoms with Gasteiger partial charge in [-0.25, -0.2) is 8.42 Å². The van der Waals surface area contributed by atoms with Crippen LogP contribution in [0.25, 0.3) is 0 Å². The number of carbonyl (C=O) groups is 1. The van der Waals surface area contributed by atoms with Gasteiger partial charge in [0, 0.05) is 6.04 Å². The van der Waals surface area contributed by atoms with E-state index in [2.05, 4.69) is 5.32 Å². The molecular weight excluding hydrogens is 324 g/mol. The van der Waals surface area contributed by atoms with E-state index in [0.29, 0.717) is 11.6 Å². The Morgan fingerprint density at radius 2 is 1.96 bits per heavy atom. The van der Waals surface area contributed by atoms with Crippen molar-refractivity contribution < 1.29 is 13.2 Å². The number of hydrogen-bond donors (Lipinski definition) is 1. The van der Waals surface area contributed by atoms with Gasteiger partial charge in [0.05, 0.1) is 11.9 Å². The number of benzene rings is 1. The predicted molar refractivity (Wildman–Crippen MR) is 95.5 cm³/mol. The number of aryl methyl sites for hydroxylation is 2. The normalized spacial score (nSPS) is 25.7. The van der Waals surface area contributed by atoms with Crippen molar-refractivity contribution >= 4 is 21.6 Å². The summed E-state index contributed by atoms with van der Waals surface area (Å²) in [5, 5.41) is 3.06. The number of nitrogens with zero attached hydrogens (tertiary/aromatic N) is 1. The largest absolute Gasteiger partial charge is 0.352 e. The Labute approximate surface area is 144 Å². The van der Waals surface area contributed by atoms with Crippen LogP contribution >= 0.6 is 0 Å². The van der Waals surface area contributed by atoms with Gasteiger partial charge in [-0.2, -0.15) is 0 Å². The summed E-state index contributed by atoms with van der Waals surface area (Å²) in [7, 11) is -3.51. The third kappa shape index (κ3) is 3.58. The molecule has 2 saturated carbocycles. The minimum absolute atomic E-state index is 0.158. The van der Waals surface area contributed by atoms with E-state index in [1.165, 1.54) is 23.6 Å². The first-order valence-corrected chi connectivity index (χ1v) is 10.4. The number of fused-ring (bicyclic) bond motifs is 2. The summed E-state index contributed by atoms with van der Waals surface area (Å²) in [5.74, 6) is 1.11. The van der Waals surface area contributed by atoms with E-state index in [1.807, 2.05) is 26.0 Å². The van der Waals surface area contributed by atoms with E-state index >= 15 is 0 Å². The van der Waals surface area contributed by atoms with Crippen molar-refractivity contribution in [3.05, 3.63) is 29.3 Å². The van der Waals surface area contributed by atoms with Crippen molar-refractivity contribution in [1.29, 1.82) is 0 Å². The molecule has 0 aromatic heterocycles. The number of rotatable bonds is 5. The molecule has 24 heavy (non-hydrogen) atoms. The molecule has 0 unspecified atom stereocenters. The Morgan fingerprint density at radius 1 is 1.21 bits per heavy atom. The van der Waals surface area contributed by atoms with Crippen LogP contribution in [0.2, 0.25) is 0 Å². The van der Waals surface area contributed by atoms with Crippen molar-refractivity contribution in [2.45, 2.75) is 45.6 Å². The summed E-state index contributed by atoms with van der Waals surface area (Å²) in [6.07, 6.45) is 5.85. The molecule has 0 aliphatic heterocycles. The Hall–Kier alpha value is -1.56. The fourth-order valence-corrected chi connectivity index (χ4v) is 4.93. The SMILES string of the molecule is Cc1ccc(N(CC(=O)N[C@@H]2C[C@H]3CC[C@H]2C3)S(C)(=O)=O)cc1C. The standard InChI is InChI=1S/C18H26N2O3S/c1-12-4-7-16(8-13(12)2)20(24(3,22)23)11-18(21)19-17-10-14-5-6-15(17)9-14/h4,7-8,14-15,17H,5-6,9-11H2,1-3H3,(H,19,21)/t14-,15-,17+/m0/s1. The maximum Gasteiger partial charge on any atom is 0.241 e. The van der Waals surface area contributed by atoms with Crippen LogP contribution in [0.1, 0.15) is 36.8 Å². The second kappa shape index (κ2) is 6.39. The van der Waals surface area contributed by atoms with Gasteiger partial charge in [0.25, 0.3) is 0 Å². The molecule has 1 aromatic carbocycles. The summed E-state index contributed by atoms with van der Waals surface area (Å²) in [6, 6.07) is 5.68. The maximum absolute atomic E-state index is 12.4. The molecule has 2 aliphatic rings. The fraction of sp³-hybridized carbons (Fsp3) is 0.611. The topological polar surface area (TPSA) is 66.5 Å². The Bertz CT molecular complexity index is 745. The monoisotopic (exact) mass is 350 g/mol. The lowest BCUT2D eigenvalue weighted by molar-refractivity contribution is -0.120. The zero-order chi connectivity index (χ0) is 17.5. The van der Waals surface area contributed by atoms with Crippen LogP contribution in [-0.4, -0.2) is 33.2 Å². The van der Waals surface area contributed by atoms with Crippen molar-refractivity contribution in [2.75, 3.05) is 17.1 Å². The first-order valence-electron chi connectivity index (χ1n) is 8.58. The molecule has 5 nitrogen and oxygen atoms in total. The predicted octanol–water partition coefficient (Wildman–Crippen LogP) is 2.37. The van der Waals surface area contributed by atoms with Gasteiger partial charge >= 0.3 is 0 Å². The Balaban J connectivity index is 1.72. The van der Waals surface area contributed by atoms with Crippen LogP contribution in [0, 0.1) is 25.7 Å². The third-order valence-electron chi connectivity index (χ3n) is 5.55. The van der Waals surface area contributed by atoms with Gasteiger partial charge in [-0.1, -0.05) is 12.5 Å². The van der Waals surface area contributed by atoms with Crippen molar-refractivity contribution in [3.8, 4) is 0 Å². The zero-order valence-electron chi connectivity index (χ0n) is 14.6. The van der Waals surface area contributed by atoms with Crippen LogP contribution in [0.15, 0.2) is 18.2 Å². The lowest BCUT2D eigenvalue weighted by Crippen LogP contribution is -2.45. The van der Waals surface area contributed by atoms with Gasteiger partial charge in [-0.3, -0.25) is 9.10 Å². The van der Waals surface area contributed by atoms with Gasteiger partial charge in [-0.15, -0.1) is 0 Å². The first kappa shape index (κ1) is 17.3. The van der Waals surface area contributed by atoms with E-state index < -0.39 is 10.0 Å². The second-order valence-corrected chi connectivity index (χ2v) is 9.29. The molecule has 3 rings (SSSR count). The summed E-state index contributed by atoms with van der Waals surface area (Å²) >= 11 is 0. The van der Waals surface area contributed by atoms with E-state index in [4.69, 9.17) is 0 Å². The molecule has 6 heteroatoms. The van der Waals surface area contributed by atoms with Crippen molar-refractivity contribution in [2.24, 2.45) is 11.8 Å². The van der Waals surface area contributed by atoms with Gasteiger partial charge in [-0.05, 0) is 68.2 Å². The van der Waals surface area contributed by atoms with Gasteiger partial charge in [0.2, 0.25) is 15.9 Å². The smallest absolute Gasteiger partial charge is 0.241 e. The summed E-state index contributed by atoms with van der Waals surface area (Å²) < 4.78 is 25.5. The number of hydrogen-bond acceptors (Lipinski definition) is 3. The number of carbonyl (C=O) groups excluding carboxylic acids is 1. The van der Waals surface area contributed by atoms with Crippen molar-refractivity contribution in [3.63, 3.8) is 0 Å². The molecule has 3 atom stereocenters. The molecule has 0 heterocycles. The quantitative estimate of drug-likeness (QED) is 0.886. The molecule has 2 aliphatic carbocycles. The lowest BCUT2D eigenvalue weighted by atomic mass is 9.95. The molecule has 1 N–H and O–H groups in total. The van der Waals surface area contributed by atoms with E-state index in [-0.39, 0.29) is 18.5 Å². The zero-order valence-corrected chi connectivity index (χ0v) is 15.4. The molecule has 0 radical (unpaired) electrons. The summed E-state index contributed by atoms with van der Waals surface area (Å²) in [4.78, 5) is 12.4. The molecule has 2 bridgehead atoms. The fourth-order valence-electron chi connectivity index (χ4n) is 4.09. The highest BCUT2D eigenvalue weighted by Gasteiger charge is 2.40. The average Bonchev–Trinajstić information content (AvgIpc) is 3.09. The van der Waals surface area contributed by atoms with Gasteiger partial charge in [0.15, 0.2) is 0 Å². The number of anilines is 1. The van der Waals surface area contributed by atoms with Crippen LogP contribution in [0.3, 0.4) is 0 Å². The molecule has 1 aromatic rings. The molecular formula is C18H26N2O3S. The van der Waals surface area contributed by atoms with E-state index in [9.17, 15) is 13.2 Å². The van der Waals surface area contributed by atoms with Crippen molar-refractivity contribution in [1.82, 2.24) is 5.32 Å². The minimum atomic E-state index is -3.51. The van der Waals surface area contributed by atoms with Crippen LogP contribution in [0.5, 0.6) is 0 Å². The summed E-state index contributed by atoms with van der Waals surface area (Å²) in [5.41, 5.74) is 2.65. The highest BCUT2D eigenvalue weighted by Crippen LogP contribution is 2.44. The third-order valence-corrected chi connectivity index (χ3v) is 6.69. The Morgan fingerprint density at radius 3 is 2.50 bits per heavy atom. The molecule has 2 fully saturated rings. The highest BCUT2D eigenvalue weighted by molar-refractivity contribution is 7.92. The maximum atomic E-state index is 12.4. The van der Waals surface area contributed by atoms with Crippen LogP contribution < -0.4 is 9.62 Å². The first-order chi connectivity index (χ1) is 11.2. The average molecular weight is 350 g/mol. The Kier molecular flexibility index (Phi) is 4.60. The number of amides is 1.